The van der Waals surface area contributed by atoms with Crippen LogP contribution < -0.4 is 5.32 Å². The van der Waals surface area contributed by atoms with Crippen molar-refractivity contribution < 1.29 is 9.21 Å². The zero-order chi connectivity index (χ0) is 11.7. The molecule has 0 radical (unpaired) electrons. The first-order valence-electron chi connectivity index (χ1n) is 5.03. The van der Waals surface area contributed by atoms with Crippen LogP contribution in [0.25, 0.3) is 6.08 Å². The summed E-state index contributed by atoms with van der Waals surface area (Å²) in [5, 5.41) is 3.32. The summed E-state index contributed by atoms with van der Waals surface area (Å²) in [6, 6.07) is 3.66. The van der Waals surface area contributed by atoms with E-state index in [2.05, 4.69) is 5.32 Å². The van der Waals surface area contributed by atoms with Crippen molar-refractivity contribution >= 4 is 29.3 Å². The molecule has 0 unspecified atom stereocenters. The predicted octanol–water partition coefficient (Wildman–Crippen LogP) is 1.67. The maximum atomic E-state index is 11.8. The highest BCUT2D eigenvalue weighted by Gasteiger charge is 2.29. The third-order valence-corrected chi connectivity index (χ3v) is 2.65. The highest BCUT2D eigenvalue weighted by Crippen LogP contribution is 2.15. The number of thiocarbonyl (C=S) groups is 1. The molecule has 16 heavy (non-hydrogen) atoms. The number of carbonyl (C=O) groups is 1. The van der Waals surface area contributed by atoms with Crippen LogP contribution in [0.15, 0.2) is 22.2 Å². The van der Waals surface area contributed by atoms with Crippen molar-refractivity contribution in [1.82, 2.24) is 10.2 Å². The molecule has 4 nitrogen and oxygen atoms in total. The second-order valence-corrected chi connectivity index (χ2v) is 3.87. The van der Waals surface area contributed by atoms with Gasteiger partial charge in [-0.05, 0) is 38.2 Å². The smallest absolute Gasteiger partial charge is 0.276 e. The minimum absolute atomic E-state index is 0.110. The molecule has 0 aromatic carbocycles. The maximum absolute atomic E-state index is 11.8. The normalized spacial score (nSPS) is 18.4. The molecule has 1 amide bonds. The van der Waals surface area contributed by atoms with Gasteiger partial charge in [-0.2, -0.15) is 0 Å². The van der Waals surface area contributed by atoms with E-state index >= 15 is 0 Å². The van der Waals surface area contributed by atoms with Crippen molar-refractivity contribution in [3.63, 3.8) is 0 Å². The lowest BCUT2D eigenvalue weighted by Gasteiger charge is -2.08. The van der Waals surface area contributed by atoms with Crippen molar-refractivity contribution in [3.8, 4) is 0 Å². The SMILES string of the molecule is CCN1C(=O)/C(=C\c2ccc(C)o2)NC1=S. The summed E-state index contributed by atoms with van der Waals surface area (Å²) in [6.45, 7) is 4.31. The predicted molar refractivity (Wildman–Crippen MR) is 64.5 cm³/mol. The van der Waals surface area contributed by atoms with Gasteiger partial charge in [-0.3, -0.25) is 9.69 Å². The largest absolute Gasteiger partial charge is 0.462 e. The molecule has 1 aromatic rings. The Balaban J connectivity index is 2.27. The van der Waals surface area contributed by atoms with E-state index in [1.165, 1.54) is 4.90 Å². The second-order valence-electron chi connectivity index (χ2n) is 3.49. The van der Waals surface area contributed by atoms with Crippen LogP contribution in [0.2, 0.25) is 0 Å². The van der Waals surface area contributed by atoms with E-state index in [0.29, 0.717) is 23.1 Å². The lowest BCUT2D eigenvalue weighted by molar-refractivity contribution is -0.122. The maximum Gasteiger partial charge on any atom is 0.276 e. The Bertz CT molecular complexity index is 476. The topological polar surface area (TPSA) is 45.5 Å². The minimum Gasteiger partial charge on any atom is -0.462 e. The van der Waals surface area contributed by atoms with E-state index in [4.69, 9.17) is 16.6 Å². The fourth-order valence-corrected chi connectivity index (χ4v) is 1.85. The number of nitrogens with zero attached hydrogens (tertiary/aromatic N) is 1. The number of rotatable bonds is 2. The standard InChI is InChI=1S/C11H12N2O2S/c1-3-13-10(14)9(12-11(13)16)6-8-5-4-7(2)15-8/h4-6H,3H2,1-2H3,(H,12,16)/b9-6+. The lowest BCUT2D eigenvalue weighted by Crippen LogP contribution is -2.30. The molecule has 1 aliphatic rings. The summed E-state index contributed by atoms with van der Waals surface area (Å²) in [5.74, 6) is 1.35. The van der Waals surface area contributed by atoms with E-state index in [1.54, 1.807) is 6.08 Å². The fourth-order valence-electron chi connectivity index (χ4n) is 1.53. The Morgan fingerprint density at radius 2 is 2.31 bits per heavy atom. The van der Waals surface area contributed by atoms with Crippen LogP contribution in [0.5, 0.6) is 0 Å². The van der Waals surface area contributed by atoms with E-state index < -0.39 is 0 Å². The number of aryl methyl sites for hydroxylation is 1. The average Bonchev–Trinajstić information content (AvgIpc) is 2.74. The average molecular weight is 236 g/mol. The van der Waals surface area contributed by atoms with Crippen LogP contribution in [0.4, 0.5) is 0 Å². The van der Waals surface area contributed by atoms with Gasteiger partial charge in [0.25, 0.3) is 5.91 Å². The van der Waals surface area contributed by atoms with E-state index in [-0.39, 0.29) is 5.91 Å². The molecule has 0 saturated carbocycles. The molecule has 0 bridgehead atoms. The first kappa shape index (κ1) is 10.9. The summed E-state index contributed by atoms with van der Waals surface area (Å²) >= 11 is 5.04. The van der Waals surface area contributed by atoms with Gasteiger partial charge < -0.3 is 9.73 Å². The molecule has 1 saturated heterocycles. The van der Waals surface area contributed by atoms with Crippen LogP contribution in [0, 0.1) is 6.92 Å². The number of likely N-dealkylation sites (N-methyl/N-ethyl adjacent to an activating group) is 1. The van der Waals surface area contributed by atoms with Crippen molar-refractivity contribution in [2.75, 3.05) is 6.54 Å². The van der Waals surface area contributed by atoms with Gasteiger partial charge in [0.2, 0.25) is 0 Å². The third-order valence-electron chi connectivity index (χ3n) is 2.33. The molecule has 2 rings (SSSR count). The van der Waals surface area contributed by atoms with E-state index in [1.807, 2.05) is 26.0 Å². The number of nitrogens with one attached hydrogen (secondary N) is 1. The highest BCUT2D eigenvalue weighted by molar-refractivity contribution is 7.80. The van der Waals surface area contributed by atoms with Gasteiger partial charge in [-0.15, -0.1) is 0 Å². The molecule has 0 atom stereocenters. The minimum atomic E-state index is -0.110. The van der Waals surface area contributed by atoms with Crippen LogP contribution in [-0.2, 0) is 4.79 Å². The van der Waals surface area contributed by atoms with Crippen molar-refractivity contribution in [3.05, 3.63) is 29.4 Å². The van der Waals surface area contributed by atoms with Gasteiger partial charge in [0.1, 0.15) is 17.2 Å². The Morgan fingerprint density at radius 3 is 2.81 bits per heavy atom. The van der Waals surface area contributed by atoms with Gasteiger partial charge in [-0.25, -0.2) is 0 Å². The number of amides is 1. The molecule has 1 fully saturated rings. The third kappa shape index (κ3) is 1.86. The van der Waals surface area contributed by atoms with Gasteiger partial charge in [0, 0.05) is 12.6 Å². The van der Waals surface area contributed by atoms with Crippen molar-refractivity contribution in [2.45, 2.75) is 13.8 Å². The van der Waals surface area contributed by atoms with Crippen LogP contribution in [-0.4, -0.2) is 22.5 Å². The van der Waals surface area contributed by atoms with Gasteiger partial charge in [-0.1, -0.05) is 0 Å². The van der Waals surface area contributed by atoms with Crippen molar-refractivity contribution in [2.24, 2.45) is 0 Å². The Labute approximate surface area is 98.9 Å². The highest BCUT2D eigenvalue weighted by atomic mass is 32.1. The molecule has 5 heteroatoms. The number of hydrogen-bond acceptors (Lipinski definition) is 3. The number of furan rings is 1. The first-order valence-corrected chi connectivity index (χ1v) is 5.43. The number of carbonyl (C=O) groups excluding carboxylic acids is 1. The van der Waals surface area contributed by atoms with Gasteiger partial charge in [0.15, 0.2) is 5.11 Å². The molecule has 1 aromatic heterocycles. The quantitative estimate of drug-likeness (QED) is 0.626. The fraction of sp³-hybridized carbons (Fsp3) is 0.273. The van der Waals surface area contributed by atoms with Gasteiger partial charge in [0.05, 0.1) is 0 Å². The van der Waals surface area contributed by atoms with Crippen molar-refractivity contribution in [1.29, 1.82) is 0 Å². The van der Waals surface area contributed by atoms with Crippen LogP contribution >= 0.6 is 12.2 Å². The first-order chi connectivity index (χ1) is 7.61. The summed E-state index contributed by atoms with van der Waals surface area (Å²) < 4.78 is 5.37. The zero-order valence-corrected chi connectivity index (χ0v) is 9.93. The monoisotopic (exact) mass is 236 g/mol. The zero-order valence-electron chi connectivity index (χ0n) is 9.11. The molecule has 1 aliphatic heterocycles. The lowest BCUT2D eigenvalue weighted by atomic mass is 10.3. The molecular weight excluding hydrogens is 224 g/mol. The summed E-state index contributed by atoms with van der Waals surface area (Å²) in [5.41, 5.74) is 0.459. The molecule has 84 valence electrons. The molecule has 0 aliphatic carbocycles. The molecular formula is C11H12N2O2S. The van der Waals surface area contributed by atoms with Gasteiger partial charge >= 0.3 is 0 Å². The molecule has 1 N–H and O–H groups in total. The Morgan fingerprint density at radius 1 is 1.56 bits per heavy atom. The molecule has 2 heterocycles. The Hall–Kier alpha value is -1.62. The second kappa shape index (κ2) is 4.09. The van der Waals surface area contributed by atoms with Crippen LogP contribution in [0.3, 0.4) is 0 Å². The number of hydrogen-bond donors (Lipinski definition) is 1. The van der Waals surface area contributed by atoms with E-state index in [9.17, 15) is 4.79 Å². The summed E-state index contributed by atoms with van der Waals surface area (Å²) in [6.07, 6.45) is 1.66. The van der Waals surface area contributed by atoms with Crippen LogP contribution in [0.1, 0.15) is 18.4 Å². The molecule has 0 spiro atoms. The van der Waals surface area contributed by atoms with E-state index in [0.717, 1.165) is 5.76 Å². The summed E-state index contributed by atoms with van der Waals surface area (Å²) in [4.78, 5) is 13.3. The summed E-state index contributed by atoms with van der Waals surface area (Å²) in [7, 11) is 0. The Kier molecular flexibility index (Phi) is 2.78.